The molecule has 0 radical (unpaired) electrons. The number of ether oxygens (including phenoxy) is 1. The van der Waals surface area contributed by atoms with Gasteiger partial charge < -0.3 is 19.1 Å². The first-order valence-electron chi connectivity index (χ1n) is 8.42. The number of carbonyl (C=O) groups excluding carboxylic acids is 2. The lowest BCUT2D eigenvalue weighted by Crippen LogP contribution is -2.47. The van der Waals surface area contributed by atoms with E-state index in [4.69, 9.17) is 16.3 Å². The van der Waals surface area contributed by atoms with Gasteiger partial charge in [-0.2, -0.15) is 0 Å². The zero-order chi connectivity index (χ0) is 19.2. The van der Waals surface area contributed by atoms with Crippen molar-refractivity contribution in [1.29, 1.82) is 0 Å². The number of aryl methyl sites for hydroxylation is 1. The van der Waals surface area contributed by atoms with Gasteiger partial charge in [-0.25, -0.2) is 9.59 Å². The first-order chi connectivity index (χ1) is 12.3. The predicted octanol–water partition coefficient (Wildman–Crippen LogP) is 3.71. The molecule has 0 saturated carbocycles. The molecule has 6 nitrogen and oxygen atoms in total. The molecule has 0 aliphatic carbocycles. The SMILES string of the molecule is CCOC(=O)C1=C(C)N(C)C(=O)N(C)C1c1c(Cl)n(C)c2ccccc12. The van der Waals surface area contributed by atoms with E-state index in [2.05, 4.69) is 0 Å². The highest BCUT2D eigenvalue weighted by Crippen LogP contribution is 2.43. The fourth-order valence-corrected chi connectivity index (χ4v) is 3.82. The fourth-order valence-electron chi connectivity index (χ4n) is 3.52. The fraction of sp³-hybridized carbons (Fsp3) is 0.368. The number of allylic oxidation sites excluding steroid dienone is 1. The Kier molecular flexibility index (Phi) is 4.71. The van der Waals surface area contributed by atoms with Crippen molar-refractivity contribution in [2.45, 2.75) is 19.9 Å². The van der Waals surface area contributed by atoms with Crippen LogP contribution in [-0.2, 0) is 16.6 Å². The number of hydrogen-bond donors (Lipinski definition) is 0. The van der Waals surface area contributed by atoms with Gasteiger partial charge in [0.15, 0.2) is 0 Å². The number of hydrogen-bond acceptors (Lipinski definition) is 3. The Balaban J connectivity index is 2.32. The van der Waals surface area contributed by atoms with E-state index in [0.717, 1.165) is 16.5 Å². The number of nitrogens with zero attached hydrogens (tertiary/aromatic N) is 3. The number of likely N-dealkylation sites (N-methyl/N-ethyl adjacent to an activating group) is 1. The summed E-state index contributed by atoms with van der Waals surface area (Å²) in [6.07, 6.45) is 0. The minimum Gasteiger partial charge on any atom is -0.463 e. The van der Waals surface area contributed by atoms with Crippen molar-refractivity contribution < 1.29 is 14.3 Å². The van der Waals surface area contributed by atoms with Crippen molar-refractivity contribution in [1.82, 2.24) is 14.4 Å². The summed E-state index contributed by atoms with van der Waals surface area (Å²) in [4.78, 5) is 28.5. The Labute approximate surface area is 157 Å². The molecule has 0 fully saturated rings. The van der Waals surface area contributed by atoms with Crippen LogP contribution in [0.5, 0.6) is 0 Å². The summed E-state index contributed by atoms with van der Waals surface area (Å²) in [6, 6.07) is 6.94. The second-order valence-electron chi connectivity index (χ2n) is 6.36. The molecule has 138 valence electrons. The standard InChI is InChI=1S/C19H22ClN3O3/c1-6-26-18(24)14-11(2)21(3)19(25)23(5)16(14)15-12-9-7-8-10-13(12)22(4)17(15)20/h7-10,16H,6H2,1-5H3. The number of para-hydroxylation sites is 1. The van der Waals surface area contributed by atoms with Gasteiger partial charge in [0.25, 0.3) is 0 Å². The molecule has 0 bridgehead atoms. The summed E-state index contributed by atoms with van der Waals surface area (Å²) in [6.45, 7) is 3.77. The topological polar surface area (TPSA) is 54.8 Å². The number of rotatable bonds is 3. The predicted molar refractivity (Wildman–Crippen MR) is 101 cm³/mol. The molecule has 1 aliphatic rings. The molecule has 1 aromatic heterocycles. The maximum absolute atomic E-state index is 12.7. The molecule has 2 amide bonds. The number of carbonyl (C=O) groups is 2. The van der Waals surface area contributed by atoms with E-state index in [0.29, 0.717) is 16.4 Å². The van der Waals surface area contributed by atoms with Crippen molar-refractivity contribution in [2.24, 2.45) is 7.05 Å². The summed E-state index contributed by atoms with van der Waals surface area (Å²) >= 11 is 6.65. The van der Waals surface area contributed by atoms with E-state index in [-0.39, 0.29) is 12.6 Å². The number of halogens is 1. The molecule has 1 unspecified atom stereocenters. The molecule has 0 spiro atoms. The molecule has 1 aromatic carbocycles. The van der Waals surface area contributed by atoms with E-state index in [1.54, 1.807) is 27.9 Å². The quantitative estimate of drug-likeness (QED) is 0.768. The highest BCUT2D eigenvalue weighted by atomic mass is 35.5. The van der Waals surface area contributed by atoms with Crippen LogP contribution in [0.2, 0.25) is 5.15 Å². The Bertz CT molecular complexity index is 931. The summed E-state index contributed by atoms with van der Waals surface area (Å²) < 4.78 is 7.14. The number of aromatic nitrogens is 1. The van der Waals surface area contributed by atoms with E-state index >= 15 is 0 Å². The van der Waals surface area contributed by atoms with Gasteiger partial charge in [0, 0.05) is 43.3 Å². The summed E-state index contributed by atoms with van der Waals surface area (Å²) in [7, 11) is 5.19. The molecule has 1 atom stereocenters. The highest BCUT2D eigenvalue weighted by molar-refractivity contribution is 6.32. The lowest BCUT2D eigenvalue weighted by Gasteiger charge is -2.39. The van der Waals surface area contributed by atoms with Crippen LogP contribution in [0.3, 0.4) is 0 Å². The zero-order valence-electron chi connectivity index (χ0n) is 15.5. The van der Waals surface area contributed by atoms with Gasteiger partial charge in [-0.1, -0.05) is 29.8 Å². The molecule has 26 heavy (non-hydrogen) atoms. The zero-order valence-corrected chi connectivity index (χ0v) is 16.3. The summed E-state index contributed by atoms with van der Waals surface area (Å²) in [5.41, 5.74) is 2.67. The van der Waals surface area contributed by atoms with Crippen LogP contribution in [0, 0.1) is 0 Å². The maximum Gasteiger partial charge on any atom is 0.338 e. The van der Waals surface area contributed by atoms with Crippen LogP contribution < -0.4 is 0 Å². The second-order valence-corrected chi connectivity index (χ2v) is 6.71. The smallest absolute Gasteiger partial charge is 0.338 e. The van der Waals surface area contributed by atoms with Crippen molar-refractivity contribution in [3.8, 4) is 0 Å². The molecule has 1 aliphatic heterocycles. The van der Waals surface area contributed by atoms with E-state index in [1.807, 2.05) is 35.9 Å². The van der Waals surface area contributed by atoms with Gasteiger partial charge in [-0.15, -0.1) is 0 Å². The third kappa shape index (κ3) is 2.56. The van der Waals surface area contributed by atoms with Crippen LogP contribution in [-0.4, -0.2) is 47.1 Å². The largest absolute Gasteiger partial charge is 0.463 e. The van der Waals surface area contributed by atoms with E-state index < -0.39 is 12.0 Å². The van der Waals surface area contributed by atoms with Crippen LogP contribution in [0.25, 0.3) is 10.9 Å². The highest BCUT2D eigenvalue weighted by Gasteiger charge is 2.41. The Hall–Kier alpha value is -2.47. The third-order valence-electron chi connectivity index (χ3n) is 4.98. The minimum atomic E-state index is -0.614. The van der Waals surface area contributed by atoms with Gasteiger partial charge in [0.1, 0.15) is 5.15 Å². The van der Waals surface area contributed by atoms with Crippen molar-refractivity contribution >= 4 is 34.5 Å². The normalized spacial score (nSPS) is 18.1. The van der Waals surface area contributed by atoms with Crippen molar-refractivity contribution in [3.63, 3.8) is 0 Å². The van der Waals surface area contributed by atoms with Crippen molar-refractivity contribution in [2.75, 3.05) is 20.7 Å². The number of urea groups is 1. The van der Waals surface area contributed by atoms with Gasteiger partial charge in [-0.05, 0) is 19.9 Å². The van der Waals surface area contributed by atoms with Crippen molar-refractivity contribution in [3.05, 3.63) is 46.3 Å². The summed E-state index contributed by atoms with van der Waals surface area (Å²) in [5.74, 6) is -0.440. The number of benzene rings is 1. The van der Waals surface area contributed by atoms with Gasteiger partial charge >= 0.3 is 12.0 Å². The second kappa shape index (κ2) is 6.68. The van der Waals surface area contributed by atoms with Crippen LogP contribution >= 0.6 is 11.6 Å². The molecular weight excluding hydrogens is 354 g/mol. The van der Waals surface area contributed by atoms with Crippen LogP contribution in [0.15, 0.2) is 35.5 Å². The minimum absolute atomic E-state index is 0.204. The molecule has 2 aromatic rings. The first-order valence-corrected chi connectivity index (χ1v) is 8.80. The molecular formula is C19H22ClN3O3. The first kappa shape index (κ1) is 18.3. The Morgan fingerprint density at radius 3 is 2.54 bits per heavy atom. The summed E-state index contributed by atoms with van der Waals surface area (Å²) in [5, 5.41) is 1.40. The number of esters is 1. The van der Waals surface area contributed by atoms with Gasteiger partial charge in [-0.3, -0.25) is 0 Å². The Morgan fingerprint density at radius 2 is 1.88 bits per heavy atom. The van der Waals surface area contributed by atoms with E-state index in [1.165, 1.54) is 9.80 Å². The molecule has 0 saturated heterocycles. The third-order valence-corrected chi connectivity index (χ3v) is 5.44. The monoisotopic (exact) mass is 375 g/mol. The average molecular weight is 376 g/mol. The molecule has 0 N–H and O–H groups in total. The molecule has 7 heteroatoms. The van der Waals surface area contributed by atoms with E-state index in [9.17, 15) is 9.59 Å². The number of amides is 2. The van der Waals surface area contributed by atoms with Crippen LogP contribution in [0.4, 0.5) is 4.79 Å². The number of fused-ring (bicyclic) bond motifs is 1. The molecule has 3 rings (SSSR count). The van der Waals surface area contributed by atoms with Gasteiger partial charge in [0.05, 0.1) is 18.2 Å². The molecule has 2 heterocycles. The average Bonchev–Trinajstić information content (AvgIpc) is 2.88. The van der Waals surface area contributed by atoms with Gasteiger partial charge in [0.2, 0.25) is 0 Å². The lowest BCUT2D eigenvalue weighted by atomic mass is 9.93. The van der Waals surface area contributed by atoms with Crippen LogP contribution in [0.1, 0.15) is 25.5 Å². The Morgan fingerprint density at radius 1 is 1.23 bits per heavy atom. The maximum atomic E-state index is 12.7. The lowest BCUT2D eigenvalue weighted by molar-refractivity contribution is -0.139.